The van der Waals surface area contributed by atoms with Crippen LogP contribution in [-0.4, -0.2) is 5.84 Å². The average molecular weight is 327 g/mol. The summed E-state index contributed by atoms with van der Waals surface area (Å²) in [7, 11) is 0. The molecule has 3 N–H and O–H groups in total. The van der Waals surface area contributed by atoms with E-state index < -0.39 is 17.5 Å². The molecule has 0 saturated heterocycles. The van der Waals surface area contributed by atoms with Gasteiger partial charge in [-0.05, 0) is 46.3 Å². The fourth-order valence-electron chi connectivity index (χ4n) is 1.52. The monoisotopic (exact) mass is 326 g/mol. The predicted molar refractivity (Wildman–Crippen MR) is 71.6 cm³/mol. The van der Waals surface area contributed by atoms with E-state index >= 15 is 0 Å². The molecule has 0 amide bonds. The van der Waals surface area contributed by atoms with Gasteiger partial charge in [-0.25, -0.2) is 8.78 Å². The van der Waals surface area contributed by atoms with E-state index in [1.807, 2.05) is 0 Å². The molecular weight excluding hydrogens is 318 g/mol. The maximum Gasteiger partial charge on any atom is 0.141 e. The van der Waals surface area contributed by atoms with Gasteiger partial charge in [0, 0.05) is 0 Å². The second-order valence-corrected chi connectivity index (χ2v) is 4.56. The van der Waals surface area contributed by atoms with E-state index in [0.717, 1.165) is 0 Å². The molecule has 0 spiro atoms. The summed E-state index contributed by atoms with van der Waals surface area (Å²) >= 11 is 3.03. The van der Waals surface area contributed by atoms with E-state index in [9.17, 15) is 8.78 Å². The van der Waals surface area contributed by atoms with Gasteiger partial charge in [-0.2, -0.15) is 0 Å². The third-order valence-electron chi connectivity index (χ3n) is 2.36. The van der Waals surface area contributed by atoms with Crippen molar-refractivity contribution in [2.45, 2.75) is 0 Å². The molecule has 98 valence electrons. The molecule has 0 saturated carbocycles. The number of halogens is 3. The number of amidine groups is 1. The van der Waals surface area contributed by atoms with E-state index in [0.29, 0.717) is 5.75 Å². The van der Waals surface area contributed by atoms with Gasteiger partial charge in [-0.1, -0.05) is 6.07 Å². The van der Waals surface area contributed by atoms with Gasteiger partial charge >= 0.3 is 0 Å². The number of ether oxygens (including phenoxy) is 1. The van der Waals surface area contributed by atoms with Crippen LogP contribution in [0, 0.1) is 17.0 Å². The maximum absolute atomic E-state index is 13.6. The average Bonchev–Trinajstić information content (AvgIpc) is 2.33. The molecular formula is C13H9BrF2N2O. The highest BCUT2D eigenvalue weighted by Gasteiger charge is 2.13. The highest BCUT2D eigenvalue weighted by atomic mass is 79.9. The Kier molecular flexibility index (Phi) is 3.80. The quantitative estimate of drug-likeness (QED) is 0.665. The molecule has 2 aromatic carbocycles. The molecule has 0 unspecified atom stereocenters. The number of nitrogens with one attached hydrogen (secondary N) is 1. The number of rotatable bonds is 3. The van der Waals surface area contributed by atoms with Crippen LogP contribution in [0.3, 0.4) is 0 Å². The van der Waals surface area contributed by atoms with Gasteiger partial charge in [0.1, 0.15) is 29.0 Å². The lowest BCUT2D eigenvalue weighted by molar-refractivity contribution is 0.472. The molecule has 0 heterocycles. The number of nitrogen functional groups attached to an aromatic ring is 1. The highest BCUT2D eigenvalue weighted by Crippen LogP contribution is 2.29. The minimum atomic E-state index is -0.647. The fourth-order valence-corrected chi connectivity index (χ4v) is 1.88. The minimum Gasteiger partial charge on any atom is -0.456 e. The molecule has 2 rings (SSSR count). The van der Waals surface area contributed by atoms with Crippen molar-refractivity contribution in [3.05, 3.63) is 58.1 Å². The number of benzene rings is 2. The Morgan fingerprint density at radius 3 is 2.53 bits per heavy atom. The smallest absolute Gasteiger partial charge is 0.141 e. The molecule has 0 radical (unpaired) electrons. The van der Waals surface area contributed by atoms with Crippen molar-refractivity contribution in [1.82, 2.24) is 0 Å². The van der Waals surface area contributed by atoms with Gasteiger partial charge in [-0.15, -0.1) is 0 Å². The van der Waals surface area contributed by atoms with Gasteiger partial charge in [0.25, 0.3) is 0 Å². The Hall–Kier alpha value is -1.95. The first-order valence-corrected chi connectivity index (χ1v) is 6.04. The Bertz CT molecular complexity index is 647. The fraction of sp³-hybridized carbons (Fsp3) is 0. The Morgan fingerprint density at radius 2 is 1.89 bits per heavy atom. The summed E-state index contributed by atoms with van der Waals surface area (Å²) < 4.78 is 32.3. The van der Waals surface area contributed by atoms with E-state index in [1.165, 1.54) is 36.4 Å². The van der Waals surface area contributed by atoms with Crippen molar-refractivity contribution in [2.75, 3.05) is 0 Å². The number of nitrogens with two attached hydrogens (primary N) is 1. The topological polar surface area (TPSA) is 59.1 Å². The third-order valence-corrected chi connectivity index (χ3v) is 2.97. The maximum atomic E-state index is 13.6. The SMILES string of the molecule is N=C(N)c1c(F)cccc1Oc1ccc(F)c(Br)c1. The van der Waals surface area contributed by atoms with Crippen molar-refractivity contribution in [1.29, 1.82) is 5.41 Å². The van der Waals surface area contributed by atoms with Gasteiger partial charge in [-0.3, -0.25) is 5.41 Å². The lowest BCUT2D eigenvalue weighted by atomic mass is 10.1. The summed E-state index contributed by atoms with van der Waals surface area (Å²) in [5, 5.41) is 7.35. The number of hydrogen-bond donors (Lipinski definition) is 2. The molecule has 2 aromatic rings. The zero-order valence-electron chi connectivity index (χ0n) is 9.58. The van der Waals surface area contributed by atoms with Crippen molar-refractivity contribution >= 4 is 21.8 Å². The Morgan fingerprint density at radius 1 is 1.16 bits per heavy atom. The predicted octanol–water partition coefficient (Wildman–Crippen LogP) is 3.80. The Balaban J connectivity index is 2.40. The first-order valence-electron chi connectivity index (χ1n) is 5.25. The summed E-state index contributed by atoms with van der Waals surface area (Å²) in [4.78, 5) is 0. The minimum absolute atomic E-state index is 0.103. The lowest BCUT2D eigenvalue weighted by Crippen LogP contribution is -2.14. The van der Waals surface area contributed by atoms with Gasteiger partial charge in [0.2, 0.25) is 0 Å². The molecule has 0 aliphatic carbocycles. The second-order valence-electron chi connectivity index (χ2n) is 3.70. The summed E-state index contributed by atoms with van der Waals surface area (Å²) in [6.07, 6.45) is 0. The van der Waals surface area contributed by atoms with Crippen molar-refractivity contribution < 1.29 is 13.5 Å². The van der Waals surface area contributed by atoms with E-state index in [-0.39, 0.29) is 15.8 Å². The van der Waals surface area contributed by atoms with Crippen molar-refractivity contribution in [3.8, 4) is 11.5 Å². The molecule has 0 bridgehead atoms. The van der Waals surface area contributed by atoms with E-state index in [1.54, 1.807) is 0 Å². The molecule has 3 nitrogen and oxygen atoms in total. The normalized spacial score (nSPS) is 10.3. The summed E-state index contributed by atoms with van der Waals surface area (Å²) in [6.45, 7) is 0. The molecule has 0 atom stereocenters. The van der Waals surface area contributed by atoms with Crippen LogP contribution in [0.15, 0.2) is 40.9 Å². The van der Waals surface area contributed by atoms with Crippen LogP contribution < -0.4 is 10.5 Å². The van der Waals surface area contributed by atoms with Crippen LogP contribution in [0.2, 0.25) is 0 Å². The van der Waals surface area contributed by atoms with Crippen LogP contribution in [0.5, 0.6) is 11.5 Å². The van der Waals surface area contributed by atoms with Gasteiger partial charge in [0.05, 0.1) is 10.0 Å². The lowest BCUT2D eigenvalue weighted by Gasteiger charge is -2.11. The first-order chi connectivity index (χ1) is 8.99. The largest absolute Gasteiger partial charge is 0.456 e. The molecule has 0 aliphatic heterocycles. The first kappa shape index (κ1) is 13.5. The highest BCUT2D eigenvalue weighted by molar-refractivity contribution is 9.10. The van der Waals surface area contributed by atoms with Crippen molar-refractivity contribution in [2.24, 2.45) is 5.73 Å². The molecule has 19 heavy (non-hydrogen) atoms. The molecule has 6 heteroatoms. The van der Waals surface area contributed by atoms with Gasteiger partial charge in [0.15, 0.2) is 0 Å². The molecule has 0 aliphatic rings. The van der Waals surface area contributed by atoms with E-state index in [2.05, 4.69) is 15.9 Å². The van der Waals surface area contributed by atoms with Crippen LogP contribution in [-0.2, 0) is 0 Å². The summed E-state index contributed by atoms with van der Waals surface area (Å²) in [5.74, 6) is -1.11. The number of hydrogen-bond acceptors (Lipinski definition) is 2. The standard InChI is InChI=1S/C13H9BrF2N2O/c14-8-6-7(4-5-9(8)15)19-11-3-1-2-10(16)12(11)13(17)18/h1-6H,(H3,17,18). The van der Waals surface area contributed by atoms with Crippen LogP contribution >= 0.6 is 15.9 Å². The molecule has 0 fully saturated rings. The zero-order chi connectivity index (χ0) is 14.0. The van der Waals surface area contributed by atoms with Gasteiger partial charge < -0.3 is 10.5 Å². The second kappa shape index (κ2) is 5.36. The van der Waals surface area contributed by atoms with Crippen LogP contribution in [0.4, 0.5) is 8.78 Å². The van der Waals surface area contributed by atoms with E-state index in [4.69, 9.17) is 15.9 Å². The van der Waals surface area contributed by atoms with Crippen LogP contribution in [0.1, 0.15) is 5.56 Å². The van der Waals surface area contributed by atoms with Crippen LogP contribution in [0.25, 0.3) is 0 Å². The third kappa shape index (κ3) is 2.90. The zero-order valence-corrected chi connectivity index (χ0v) is 11.2. The molecule has 0 aromatic heterocycles. The summed E-state index contributed by atoms with van der Waals surface area (Å²) in [5.41, 5.74) is 5.19. The summed E-state index contributed by atoms with van der Waals surface area (Å²) in [6, 6.07) is 8.13. The Labute approximate surface area is 116 Å². The van der Waals surface area contributed by atoms with Crippen molar-refractivity contribution in [3.63, 3.8) is 0 Å².